The molecule has 0 spiro atoms. The van der Waals surface area contributed by atoms with Gasteiger partial charge in [-0.3, -0.25) is 0 Å². The van der Waals surface area contributed by atoms with Crippen LogP contribution in [0.1, 0.15) is 40.5 Å². The van der Waals surface area contributed by atoms with Gasteiger partial charge < -0.3 is 5.11 Å². The van der Waals surface area contributed by atoms with E-state index in [1.807, 2.05) is 0 Å². The molecule has 0 saturated heterocycles. The van der Waals surface area contributed by atoms with E-state index >= 15 is 0 Å². The molecule has 70 valence electrons. The average Bonchev–Trinajstić information content (AvgIpc) is 2.32. The van der Waals surface area contributed by atoms with Gasteiger partial charge >= 0.3 is 5.97 Å². The number of carboxylic acids is 1. The van der Waals surface area contributed by atoms with Gasteiger partial charge in [-0.2, -0.15) is 0 Å². The Labute approximate surface area is 74.3 Å². The summed E-state index contributed by atoms with van der Waals surface area (Å²) in [7, 11) is 0. The van der Waals surface area contributed by atoms with Crippen molar-refractivity contribution in [2.45, 2.75) is 40.5 Å². The molecule has 1 aliphatic rings. The van der Waals surface area contributed by atoms with Crippen molar-refractivity contribution in [3.8, 4) is 0 Å². The highest BCUT2D eigenvalue weighted by molar-refractivity contribution is 5.88. The van der Waals surface area contributed by atoms with E-state index in [0.717, 1.165) is 24.8 Å². The molecule has 2 heteroatoms. The largest absolute Gasteiger partial charge is 0.478 e. The Morgan fingerprint density at radius 3 is 2.33 bits per heavy atom. The summed E-state index contributed by atoms with van der Waals surface area (Å²) in [6.45, 7) is 4.12. The fourth-order valence-corrected chi connectivity index (χ4v) is 1.65. The topological polar surface area (TPSA) is 37.3 Å². The Morgan fingerprint density at radius 1 is 1.42 bits per heavy atom. The minimum Gasteiger partial charge on any atom is -0.478 e. The summed E-state index contributed by atoms with van der Waals surface area (Å²) in [5.74, 6) is -0.310. The summed E-state index contributed by atoms with van der Waals surface area (Å²) in [5, 5.41) is 8.77. The highest BCUT2D eigenvalue weighted by Crippen LogP contribution is 2.31. The van der Waals surface area contributed by atoms with Crippen LogP contribution in [0.5, 0.6) is 0 Å². The van der Waals surface area contributed by atoms with Crippen LogP contribution >= 0.6 is 0 Å². The van der Waals surface area contributed by atoms with Crippen LogP contribution in [0.4, 0.5) is 0 Å². The smallest absolute Gasteiger partial charge is 0.331 e. The van der Waals surface area contributed by atoms with Crippen LogP contribution in [0.2, 0.25) is 0 Å². The number of hydrogen-bond donors (Lipinski definition) is 1. The zero-order valence-corrected chi connectivity index (χ0v) is 7.05. The van der Waals surface area contributed by atoms with Crippen LogP contribution in [0.3, 0.4) is 0 Å². The van der Waals surface area contributed by atoms with Gasteiger partial charge in [0.05, 0.1) is 0 Å². The predicted octanol–water partition coefficient (Wildman–Crippen LogP) is 2.84. The molecule has 1 aliphatic carbocycles. The van der Waals surface area contributed by atoms with E-state index in [4.69, 9.17) is 5.11 Å². The molecule has 0 aliphatic heterocycles. The fourth-order valence-electron chi connectivity index (χ4n) is 1.65. The van der Waals surface area contributed by atoms with Crippen LogP contribution < -0.4 is 0 Å². The minimum absolute atomic E-state index is 0. The Morgan fingerprint density at radius 2 is 2.00 bits per heavy atom. The first kappa shape index (κ1) is 11.2. The molecule has 0 amide bonds. The van der Waals surface area contributed by atoms with E-state index in [1.54, 1.807) is 0 Å². The SMILES string of the molecule is C.CC(C)C1=C(C(=O)O)CCC1. The van der Waals surface area contributed by atoms with Gasteiger partial charge in [0.2, 0.25) is 0 Å². The highest BCUT2D eigenvalue weighted by Gasteiger charge is 2.21. The zero-order valence-electron chi connectivity index (χ0n) is 7.05. The van der Waals surface area contributed by atoms with Crippen molar-refractivity contribution in [1.82, 2.24) is 0 Å². The summed E-state index contributed by atoms with van der Waals surface area (Å²) < 4.78 is 0. The molecule has 0 atom stereocenters. The van der Waals surface area contributed by atoms with Crippen molar-refractivity contribution in [2.75, 3.05) is 0 Å². The number of carbonyl (C=O) groups is 1. The lowest BCUT2D eigenvalue weighted by Gasteiger charge is -2.06. The maximum Gasteiger partial charge on any atom is 0.331 e. The lowest BCUT2D eigenvalue weighted by atomic mass is 10.00. The van der Waals surface area contributed by atoms with E-state index < -0.39 is 5.97 Å². The second-order valence-electron chi connectivity index (χ2n) is 3.32. The Kier molecular flexibility index (Phi) is 4.01. The van der Waals surface area contributed by atoms with Crippen molar-refractivity contribution in [1.29, 1.82) is 0 Å². The van der Waals surface area contributed by atoms with Gasteiger partial charge in [0, 0.05) is 5.57 Å². The molecular formula is C10H18O2. The van der Waals surface area contributed by atoms with Crippen LogP contribution in [0, 0.1) is 5.92 Å². The lowest BCUT2D eigenvalue weighted by Crippen LogP contribution is -2.03. The molecule has 0 saturated carbocycles. The van der Waals surface area contributed by atoms with Gasteiger partial charge in [-0.15, -0.1) is 0 Å². The second kappa shape index (κ2) is 4.29. The molecule has 0 unspecified atom stereocenters. The standard InChI is InChI=1S/C9H14O2.CH4/c1-6(2)7-4-3-5-8(7)9(10)11;/h6H,3-5H2,1-2H3,(H,10,11);1H4. The number of aliphatic carboxylic acids is 1. The maximum atomic E-state index is 10.7. The minimum atomic E-state index is -0.716. The van der Waals surface area contributed by atoms with Crippen molar-refractivity contribution < 1.29 is 9.90 Å². The predicted molar refractivity (Wildman–Crippen MR) is 50.1 cm³/mol. The van der Waals surface area contributed by atoms with Crippen LogP contribution in [0.15, 0.2) is 11.1 Å². The van der Waals surface area contributed by atoms with E-state index in [0.29, 0.717) is 11.5 Å². The Bertz CT molecular complexity index is 202. The van der Waals surface area contributed by atoms with Crippen molar-refractivity contribution in [3.05, 3.63) is 11.1 Å². The lowest BCUT2D eigenvalue weighted by molar-refractivity contribution is -0.132. The van der Waals surface area contributed by atoms with Gasteiger partial charge in [0.15, 0.2) is 0 Å². The number of carboxylic acid groups (broad SMARTS) is 1. The third-order valence-electron chi connectivity index (χ3n) is 2.22. The van der Waals surface area contributed by atoms with E-state index in [-0.39, 0.29) is 7.43 Å². The van der Waals surface area contributed by atoms with Gasteiger partial charge in [-0.05, 0) is 25.2 Å². The van der Waals surface area contributed by atoms with Gasteiger partial charge in [-0.1, -0.05) is 26.8 Å². The van der Waals surface area contributed by atoms with Gasteiger partial charge in [0.25, 0.3) is 0 Å². The molecule has 0 aromatic heterocycles. The van der Waals surface area contributed by atoms with Crippen molar-refractivity contribution in [3.63, 3.8) is 0 Å². The van der Waals surface area contributed by atoms with E-state index in [2.05, 4.69) is 13.8 Å². The number of hydrogen-bond acceptors (Lipinski definition) is 1. The highest BCUT2D eigenvalue weighted by atomic mass is 16.4. The zero-order chi connectivity index (χ0) is 8.43. The van der Waals surface area contributed by atoms with Crippen molar-refractivity contribution in [2.24, 2.45) is 5.92 Å². The molecule has 2 nitrogen and oxygen atoms in total. The average molecular weight is 170 g/mol. The summed E-state index contributed by atoms with van der Waals surface area (Å²) in [5.41, 5.74) is 1.82. The van der Waals surface area contributed by atoms with Gasteiger partial charge in [0.1, 0.15) is 0 Å². The molecule has 0 heterocycles. The Balaban J connectivity index is 0.00000121. The van der Waals surface area contributed by atoms with Crippen molar-refractivity contribution >= 4 is 5.97 Å². The quantitative estimate of drug-likeness (QED) is 0.692. The van der Waals surface area contributed by atoms with E-state index in [1.165, 1.54) is 0 Å². The number of rotatable bonds is 2. The third-order valence-corrected chi connectivity index (χ3v) is 2.22. The summed E-state index contributed by atoms with van der Waals surface area (Å²) in [6, 6.07) is 0. The first-order valence-electron chi connectivity index (χ1n) is 4.08. The second-order valence-corrected chi connectivity index (χ2v) is 3.32. The molecule has 0 bridgehead atoms. The maximum absolute atomic E-state index is 10.7. The van der Waals surface area contributed by atoms with Crippen LogP contribution in [-0.2, 0) is 4.79 Å². The van der Waals surface area contributed by atoms with Crippen LogP contribution in [0.25, 0.3) is 0 Å². The molecule has 1 rings (SSSR count). The third kappa shape index (κ3) is 2.10. The molecule has 0 fully saturated rings. The molecular weight excluding hydrogens is 152 g/mol. The first-order valence-corrected chi connectivity index (χ1v) is 4.08. The molecule has 12 heavy (non-hydrogen) atoms. The monoisotopic (exact) mass is 170 g/mol. The normalized spacial score (nSPS) is 16.6. The molecule has 0 aromatic carbocycles. The summed E-state index contributed by atoms with van der Waals surface area (Å²) in [4.78, 5) is 10.7. The fraction of sp³-hybridized carbons (Fsp3) is 0.700. The first-order chi connectivity index (χ1) is 5.13. The van der Waals surface area contributed by atoms with Crippen LogP contribution in [-0.4, -0.2) is 11.1 Å². The van der Waals surface area contributed by atoms with E-state index in [9.17, 15) is 4.79 Å². The molecule has 1 N–H and O–H groups in total. The summed E-state index contributed by atoms with van der Waals surface area (Å²) in [6.07, 6.45) is 2.78. The summed E-state index contributed by atoms with van der Waals surface area (Å²) >= 11 is 0. The Hall–Kier alpha value is -0.790. The number of allylic oxidation sites excluding steroid dienone is 1. The van der Waals surface area contributed by atoms with Gasteiger partial charge in [-0.25, -0.2) is 4.79 Å². The molecule has 0 aromatic rings. The molecule has 0 radical (unpaired) electrons.